The lowest BCUT2D eigenvalue weighted by atomic mass is 9.98. The molecule has 1 unspecified atom stereocenters. The summed E-state index contributed by atoms with van der Waals surface area (Å²) in [5, 5.41) is 14.6. The van der Waals surface area contributed by atoms with Crippen LogP contribution in [0.4, 0.5) is 4.79 Å². The maximum atomic E-state index is 11.7. The zero-order valence-electron chi connectivity index (χ0n) is 11.3. The van der Waals surface area contributed by atoms with Gasteiger partial charge >= 0.3 is 12.0 Å². The first kappa shape index (κ1) is 14.8. The molecule has 6 nitrogen and oxygen atoms in total. The Morgan fingerprint density at radius 1 is 1.33 bits per heavy atom. The number of carboxylic acids is 1. The topological polar surface area (TPSA) is 81.7 Å². The normalized spacial score (nSPS) is 19.6. The summed E-state index contributed by atoms with van der Waals surface area (Å²) >= 11 is 0. The van der Waals surface area contributed by atoms with Gasteiger partial charge < -0.3 is 20.6 Å². The minimum Gasteiger partial charge on any atom is -0.480 e. The van der Waals surface area contributed by atoms with Gasteiger partial charge in [0, 0.05) is 12.6 Å². The summed E-state index contributed by atoms with van der Waals surface area (Å²) < 4.78 is 0. The second-order valence-corrected chi connectivity index (χ2v) is 5.24. The van der Waals surface area contributed by atoms with Crippen LogP contribution in [0.15, 0.2) is 0 Å². The lowest BCUT2D eigenvalue weighted by molar-refractivity contribution is -0.144. The average molecular weight is 257 g/mol. The largest absolute Gasteiger partial charge is 0.480 e. The maximum Gasteiger partial charge on any atom is 0.329 e. The van der Waals surface area contributed by atoms with Crippen LogP contribution in [0, 0.1) is 0 Å². The van der Waals surface area contributed by atoms with E-state index < -0.39 is 17.5 Å². The highest BCUT2D eigenvalue weighted by Gasteiger charge is 2.42. The van der Waals surface area contributed by atoms with E-state index in [0.717, 1.165) is 12.8 Å². The van der Waals surface area contributed by atoms with E-state index in [1.54, 1.807) is 0 Å². The number of likely N-dealkylation sites (N-methyl/N-ethyl adjacent to an activating group) is 1. The van der Waals surface area contributed by atoms with Crippen LogP contribution in [0.3, 0.4) is 0 Å². The summed E-state index contributed by atoms with van der Waals surface area (Å²) in [6.45, 7) is 2.48. The number of hydrogen-bond donors (Lipinski definition) is 3. The van der Waals surface area contributed by atoms with Crippen molar-refractivity contribution in [2.24, 2.45) is 0 Å². The highest BCUT2D eigenvalue weighted by atomic mass is 16.4. The second kappa shape index (κ2) is 6.04. The molecule has 104 valence electrons. The van der Waals surface area contributed by atoms with Gasteiger partial charge in [-0.05, 0) is 33.9 Å². The second-order valence-electron chi connectivity index (χ2n) is 5.24. The summed E-state index contributed by atoms with van der Waals surface area (Å²) in [6.07, 6.45) is 2.72. The molecule has 0 aromatic heterocycles. The van der Waals surface area contributed by atoms with E-state index in [1.807, 2.05) is 25.9 Å². The molecule has 0 aromatic rings. The van der Waals surface area contributed by atoms with Gasteiger partial charge in [0.15, 0.2) is 0 Å². The van der Waals surface area contributed by atoms with Gasteiger partial charge in [-0.3, -0.25) is 0 Å². The van der Waals surface area contributed by atoms with Crippen LogP contribution in [0.5, 0.6) is 0 Å². The van der Waals surface area contributed by atoms with E-state index in [-0.39, 0.29) is 6.04 Å². The van der Waals surface area contributed by atoms with Crippen molar-refractivity contribution in [2.45, 2.75) is 44.2 Å². The van der Waals surface area contributed by atoms with Crippen LogP contribution >= 0.6 is 0 Å². The zero-order chi connectivity index (χ0) is 13.8. The molecule has 0 heterocycles. The summed E-state index contributed by atoms with van der Waals surface area (Å²) in [7, 11) is 3.86. The number of rotatable bonds is 5. The molecule has 1 rings (SSSR count). The monoisotopic (exact) mass is 257 g/mol. The van der Waals surface area contributed by atoms with E-state index in [4.69, 9.17) is 0 Å². The van der Waals surface area contributed by atoms with Crippen molar-refractivity contribution in [3.05, 3.63) is 0 Å². The minimum absolute atomic E-state index is 0.208. The Hall–Kier alpha value is -1.30. The number of nitrogens with one attached hydrogen (secondary N) is 2. The number of amides is 2. The van der Waals surface area contributed by atoms with Crippen LogP contribution in [0.25, 0.3) is 0 Å². The number of nitrogens with zero attached hydrogens (tertiary/aromatic N) is 1. The number of carbonyl (C=O) groups excluding carboxylic acids is 1. The van der Waals surface area contributed by atoms with Crippen LogP contribution < -0.4 is 10.6 Å². The van der Waals surface area contributed by atoms with Gasteiger partial charge in [0.2, 0.25) is 0 Å². The molecule has 1 saturated carbocycles. The Morgan fingerprint density at radius 2 is 1.89 bits per heavy atom. The predicted molar refractivity (Wildman–Crippen MR) is 68.5 cm³/mol. The fourth-order valence-corrected chi connectivity index (χ4v) is 2.06. The molecule has 18 heavy (non-hydrogen) atoms. The summed E-state index contributed by atoms with van der Waals surface area (Å²) in [5.41, 5.74) is -1.06. The predicted octanol–water partition coefficient (Wildman–Crippen LogP) is 0.633. The average Bonchev–Trinajstić information content (AvgIpc) is 2.75. The molecule has 0 spiro atoms. The van der Waals surface area contributed by atoms with Crippen molar-refractivity contribution in [3.8, 4) is 0 Å². The van der Waals surface area contributed by atoms with E-state index in [1.165, 1.54) is 0 Å². The molecule has 1 fully saturated rings. The molecule has 0 saturated heterocycles. The molecular weight excluding hydrogens is 234 g/mol. The van der Waals surface area contributed by atoms with Crippen LogP contribution in [-0.4, -0.2) is 54.2 Å². The third kappa shape index (κ3) is 3.60. The maximum absolute atomic E-state index is 11.7. The highest BCUT2D eigenvalue weighted by Crippen LogP contribution is 2.29. The number of carbonyl (C=O) groups is 2. The molecule has 6 heteroatoms. The lowest BCUT2D eigenvalue weighted by Crippen LogP contribution is -2.56. The first-order valence-corrected chi connectivity index (χ1v) is 6.33. The van der Waals surface area contributed by atoms with Gasteiger partial charge in [0.1, 0.15) is 5.54 Å². The van der Waals surface area contributed by atoms with Crippen LogP contribution in [0.1, 0.15) is 32.6 Å². The van der Waals surface area contributed by atoms with Crippen LogP contribution in [0.2, 0.25) is 0 Å². The third-order valence-corrected chi connectivity index (χ3v) is 3.66. The number of carboxylic acid groups (broad SMARTS) is 1. The van der Waals surface area contributed by atoms with Crippen molar-refractivity contribution < 1.29 is 14.7 Å². The molecule has 0 aromatic carbocycles. The molecule has 0 aliphatic heterocycles. The van der Waals surface area contributed by atoms with Gasteiger partial charge in [-0.15, -0.1) is 0 Å². The Labute approximate surface area is 108 Å². The summed E-state index contributed by atoms with van der Waals surface area (Å²) in [5.74, 6) is -0.934. The fourth-order valence-electron chi connectivity index (χ4n) is 2.06. The SMILES string of the molecule is CC(CNC(=O)NC1(C(=O)O)CCCC1)N(C)C. The van der Waals surface area contributed by atoms with E-state index in [9.17, 15) is 14.7 Å². The minimum atomic E-state index is -1.06. The van der Waals surface area contributed by atoms with Crippen molar-refractivity contribution in [1.29, 1.82) is 0 Å². The Morgan fingerprint density at radius 3 is 2.33 bits per heavy atom. The number of aliphatic carboxylic acids is 1. The molecule has 0 radical (unpaired) electrons. The van der Waals surface area contributed by atoms with Crippen molar-refractivity contribution in [3.63, 3.8) is 0 Å². The fraction of sp³-hybridized carbons (Fsp3) is 0.833. The van der Waals surface area contributed by atoms with E-state index >= 15 is 0 Å². The lowest BCUT2D eigenvalue weighted by Gasteiger charge is -2.26. The molecule has 2 amide bonds. The Balaban J connectivity index is 2.46. The van der Waals surface area contributed by atoms with E-state index in [2.05, 4.69) is 10.6 Å². The number of urea groups is 1. The molecule has 1 aliphatic rings. The van der Waals surface area contributed by atoms with Gasteiger partial charge in [-0.25, -0.2) is 9.59 Å². The number of hydrogen-bond acceptors (Lipinski definition) is 3. The van der Waals surface area contributed by atoms with Gasteiger partial charge in [0.05, 0.1) is 0 Å². The first-order valence-electron chi connectivity index (χ1n) is 6.33. The first-order chi connectivity index (χ1) is 8.37. The standard InChI is InChI=1S/C12H23N3O3/c1-9(15(2)3)8-13-11(18)14-12(10(16)17)6-4-5-7-12/h9H,4-8H2,1-3H3,(H,16,17)(H2,13,14,18). The Kier molecular flexibility index (Phi) is 4.95. The highest BCUT2D eigenvalue weighted by molar-refractivity contribution is 5.86. The summed E-state index contributed by atoms with van der Waals surface area (Å²) in [6, 6.07) is -0.187. The third-order valence-electron chi connectivity index (χ3n) is 3.66. The molecule has 3 N–H and O–H groups in total. The molecule has 1 atom stereocenters. The molecule has 1 aliphatic carbocycles. The smallest absolute Gasteiger partial charge is 0.329 e. The molecule has 0 bridgehead atoms. The quantitative estimate of drug-likeness (QED) is 0.675. The van der Waals surface area contributed by atoms with E-state index in [0.29, 0.717) is 19.4 Å². The molecular formula is C12H23N3O3. The van der Waals surface area contributed by atoms with Crippen LogP contribution in [-0.2, 0) is 4.79 Å². The van der Waals surface area contributed by atoms with Gasteiger partial charge in [0.25, 0.3) is 0 Å². The zero-order valence-corrected chi connectivity index (χ0v) is 11.3. The Bertz CT molecular complexity index is 312. The van der Waals surface area contributed by atoms with Gasteiger partial charge in [-0.1, -0.05) is 12.8 Å². The van der Waals surface area contributed by atoms with Crippen molar-refractivity contribution in [1.82, 2.24) is 15.5 Å². The van der Waals surface area contributed by atoms with Crippen molar-refractivity contribution in [2.75, 3.05) is 20.6 Å². The summed E-state index contributed by atoms with van der Waals surface area (Å²) in [4.78, 5) is 25.0. The van der Waals surface area contributed by atoms with Crippen molar-refractivity contribution >= 4 is 12.0 Å². The van der Waals surface area contributed by atoms with Gasteiger partial charge in [-0.2, -0.15) is 0 Å².